The average Bonchev–Trinajstić information content (AvgIpc) is 2.45. The van der Waals surface area contributed by atoms with E-state index >= 15 is 0 Å². The zero-order valence-electron chi connectivity index (χ0n) is 11.0. The van der Waals surface area contributed by atoms with Gasteiger partial charge in [-0.05, 0) is 29.8 Å². The van der Waals surface area contributed by atoms with Gasteiger partial charge in [0.05, 0.1) is 24.4 Å². The molecule has 0 aliphatic rings. The van der Waals surface area contributed by atoms with E-state index in [0.29, 0.717) is 0 Å². The summed E-state index contributed by atoms with van der Waals surface area (Å²) in [7, 11) is 1.29. The summed E-state index contributed by atoms with van der Waals surface area (Å²) in [5, 5.41) is 0. The van der Waals surface area contributed by atoms with Crippen LogP contribution in [0.1, 0.15) is 22.9 Å². The number of benzene rings is 1. The monoisotopic (exact) mass is 300 g/mol. The number of rotatable bonds is 3. The number of hydrogen-bond donors (Lipinski definition) is 1. The van der Waals surface area contributed by atoms with Crippen LogP contribution in [-0.2, 0) is 6.18 Å². The molecule has 1 atom stereocenters. The first-order chi connectivity index (χ1) is 9.84. The van der Waals surface area contributed by atoms with Crippen LogP contribution in [0.25, 0.3) is 0 Å². The van der Waals surface area contributed by atoms with Crippen molar-refractivity contribution in [2.24, 2.45) is 5.73 Å². The highest BCUT2D eigenvalue weighted by atomic mass is 19.4. The number of alkyl halides is 3. The topological polar surface area (TPSA) is 48.1 Å². The predicted molar refractivity (Wildman–Crippen MR) is 68.2 cm³/mol. The van der Waals surface area contributed by atoms with Gasteiger partial charge >= 0.3 is 6.18 Å². The third kappa shape index (κ3) is 3.13. The molecule has 7 heteroatoms. The molecule has 0 spiro atoms. The number of nitrogens with zero attached hydrogens (tertiary/aromatic N) is 1. The molecule has 0 radical (unpaired) electrons. The number of ether oxygens (including phenoxy) is 1. The summed E-state index contributed by atoms with van der Waals surface area (Å²) in [5.74, 6) is -0.710. The zero-order chi connectivity index (χ0) is 15.6. The highest BCUT2D eigenvalue weighted by molar-refractivity contribution is 5.37. The second-order valence-corrected chi connectivity index (χ2v) is 4.31. The molecule has 1 heterocycles. The van der Waals surface area contributed by atoms with Gasteiger partial charge in [0.15, 0.2) is 11.6 Å². The van der Waals surface area contributed by atoms with Crippen LogP contribution in [0.2, 0.25) is 0 Å². The van der Waals surface area contributed by atoms with E-state index in [1.54, 1.807) is 0 Å². The molecule has 2 N–H and O–H groups in total. The normalized spacial score (nSPS) is 13.0. The Morgan fingerprint density at radius 1 is 1.24 bits per heavy atom. The van der Waals surface area contributed by atoms with Crippen molar-refractivity contribution in [3.05, 3.63) is 59.2 Å². The molecule has 1 aromatic heterocycles. The van der Waals surface area contributed by atoms with Gasteiger partial charge in [-0.1, -0.05) is 6.07 Å². The Morgan fingerprint density at radius 3 is 2.52 bits per heavy atom. The number of hydrogen-bond acceptors (Lipinski definition) is 3. The van der Waals surface area contributed by atoms with Gasteiger partial charge in [0, 0.05) is 6.20 Å². The highest BCUT2D eigenvalue weighted by Crippen LogP contribution is 2.35. The maximum atomic E-state index is 13.6. The molecule has 0 aliphatic carbocycles. The van der Waals surface area contributed by atoms with Crippen molar-refractivity contribution in [2.75, 3.05) is 7.11 Å². The van der Waals surface area contributed by atoms with E-state index in [4.69, 9.17) is 10.5 Å². The van der Waals surface area contributed by atoms with E-state index in [1.165, 1.54) is 31.5 Å². The minimum atomic E-state index is -4.58. The lowest BCUT2D eigenvalue weighted by molar-refractivity contribution is -0.138. The Bertz CT molecular complexity index is 643. The molecule has 0 amide bonds. The highest BCUT2D eigenvalue weighted by Gasteiger charge is 2.35. The minimum Gasteiger partial charge on any atom is -0.494 e. The van der Waals surface area contributed by atoms with Crippen molar-refractivity contribution >= 4 is 0 Å². The van der Waals surface area contributed by atoms with Gasteiger partial charge in [-0.25, -0.2) is 4.39 Å². The molecule has 0 bridgehead atoms. The predicted octanol–water partition coefficient (Wildman–Crippen LogP) is 3.30. The standard InChI is InChI=1S/C14H12F4N2O/c1-21-11-5-4-8(7-10(11)15)12(19)13-9(14(16,17)18)3-2-6-20-13/h2-7,12H,19H2,1H3/t12-/m0/s1. The average molecular weight is 300 g/mol. The first-order valence-electron chi connectivity index (χ1n) is 5.95. The Kier molecular flexibility index (Phi) is 4.13. The second kappa shape index (κ2) is 5.69. The molecular weight excluding hydrogens is 288 g/mol. The van der Waals surface area contributed by atoms with E-state index in [2.05, 4.69) is 4.98 Å². The van der Waals surface area contributed by atoms with Gasteiger partial charge < -0.3 is 10.5 Å². The summed E-state index contributed by atoms with van der Waals surface area (Å²) >= 11 is 0. The van der Waals surface area contributed by atoms with Crippen molar-refractivity contribution in [1.82, 2.24) is 4.98 Å². The SMILES string of the molecule is COc1ccc([C@H](N)c2ncccc2C(F)(F)F)cc1F. The van der Waals surface area contributed by atoms with E-state index in [-0.39, 0.29) is 17.0 Å². The van der Waals surface area contributed by atoms with Gasteiger partial charge in [0.1, 0.15) is 0 Å². The molecule has 112 valence electrons. The minimum absolute atomic E-state index is 0.0111. The van der Waals surface area contributed by atoms with Gasteiger partial charge in [-0.15, -0.1) is 0 Å². The van der Waals surface area contributed by atoms with Crippen LogP contribution in [0.15, 0.2) is 36.5 Å². The summed E-state index contributed by atoms with van der Waals surface area (Å²) in [4.78, 5) is 3.70. The summed E-state index contributed by atoms with van der Waals surface area (Å²) in [5.41, 5.74) is 4.69. The number of pyridine rings is 1. The quantitative estimate of drug-likeness (QED) is 0.885. The summed E-state index contributed by atoms with van der Waals surface area (Å²) in [6.45, 7) is 0. The zero-order valence-corrected chi connectivity index (χ0v) is 11.0. The van der Waals surface area contributed by atoms with E-state index in [9.17, 15) is 17.6 Å². The number of halogens is 4. The molecule has 0 unspecified atom stereocenters. The maximum Gasteiger partial charge on any atom is 0.418 e. The van der Waals surface area contributed by atoms with Crippen LogP contribution in [0.4, 0.5) is 17.6 Å². The molecule has 1 aromatic carbocycles. The first kappa shape index (κ1) is 15.2. The molecule has 21 heavy (non-hydrogen) atoms. The maximum absolute atomic E-state index is 13.6. The Balaban J connectivity index is 2.45. The van der Waals surface area contributed by atoms with E-state index in [1.807, 2.05) is 0 Å². The van der Waals surface area contributed by atoms with Crippen LogP contribution in [-0.4, -0.2) is 12.1 Å². The van der Waals surface area contributed by atoms with Crippen molar-refractivity contribution in [3.63, 3.8) is 0 Å². The molecule has 0 aliphatic heterocycles. The lowest BCUT2D eigenvalue weighted by Crippen LogP contribution is -2.20. The molecule has 2 rings (SSSR count). The third-order valence-electron chi connectivity index (χ3n) is 2.97. The fraction of sp³-hybridized carbons (Fsp3) is 0.214. The van der Waals surface area contributed by atoms with Crippen molar-refractivity contribution in [3.8, 4) is 5.75 Å². The van der Waals surface area contributed by atoms with Crippen LogP contribution in [0.3, 0.4) is 0 Å². The number of nitrogens with two attached hydrogens (primary N) is 1. The van der Waals surface area contributed by atoms with Gasteiger partial charge in [0.25, 0.3) is 0 Å². The van der Waals surface area contributed by atoms with Crippen molar-refractivity contribution in [1.29, 1.82) is 0 Å². The first-order valence-corrected chi connectivity index (χ1v) is 5.95. The van der Waals surface area contributed by atoms with Crippen molar-refractivity contribution in [2.45, 2.75) is 12.2 Å². The molecule has 2 aromatic rings. The van der Waals surface area contributed by atoms with Crippen molar-refractivity contribution < 1.29 is 22.3 Å². The summed E-state index contributed by atoms with van der Waals surface area (Å²) in [6, 6.07) is 4.62. The smallest absolute Gasteiger partial charge is 0.418 e. The fourth-order valence-corrected chi connectivity index (χ4v) is 1.94. The Morgan fingerprint density at radius 2 is 1.95 bits per heavy atom. The molecular formula is C14H12F4N2O. The second-order valence-electron chi connectivity index (χ2n) is 4.31. The van der Waals surface area contributed by atoms with Crippen LogP contribution in [0.5, 0.6) is 5.75 Å². The van der Waals surface area contributed by atoms with Gasteiger partial charge in [-0.3, -0.25) is 4.98 Å². The number of aromatic nitrogens is 1. The van der Waals surface area contributed by atoms with Crippen LogP contribution < -0.4 is 10.5 Å². The molecule has 3 nitrogen and oxygen atoms in total. The Hall–Kier alpha value is -2.15. The van der Waals surface area contributed by atoms with Gasteiger partial charge in [0.2, 0.25) is 0 Å². The lowest BCUT2D eigenvalue weighted by atomic mass is 9.99. The number of methoxy groups -OCH3 is 1. The van der Waals surface area contributed by atoms with E-state index in [0.717, 1.165) is 12.1 Å². The van der Waals surface area contributed by atoms with Gasteiger partial charge in [-0.2, -0.15) is 13.2 Å². The largest absolute Gasteiger partial charge is 0.494 e. The molecule has 0 fully saturated rings. The third-order valence-corrected chi connectivity index (χ3v) is 2.97. The summed E-state index contributed by atoms with van der Waals surface area (Å²) < 4.78 is 57.2. The molecule has 0 saturated carbocycles. The van der Waals surface area contributed by atoms with Crippen LogP contribution >= 0.6 is 0 Å². The summed E-state index contributed by atoms with van der Waals surface area (Å²) in [6.07, 6.45) is -3.36. The van der Waals surface area contributed by atoms with E-state index < -0.39 is 23.6 Å². The Labute approximate surface area is 118 Å². The van der Waals surface area contributed by atoms with Crippen LogP contribution in [0, 0.1) is 5.82 Å². The lowest BCUT2D eigenvalue weighted by Gasteiger charge is -2.17. The fourth-order valence-electron chi connectivity index (χ4n) is 1.94. The molecule has 0 saturated heterocycles.